The van der Waals surface area contributed by atoms with Crippen LogP contribution in [0.1, 0.15) is 13.8 Å². The summed E-state index contributed by atoms with van der Waals surface area (Å²) in [7, 11) is 0. The molecule has 10 heavy (non-hydrogen) atoms. The second-order valence-electron chi connectivity index (χ2n) is 1.99. The molecular weight excluding hydrogens is 130 g/mol. The van der Waals surface area contributed by atoms with E-state index in [9.17, 15) is 4.91 Å². The van der Waals surface area contributed by atoms with E-state index in [0.29, 0.717) is 6.54 Å². The van der Waals surface area contributed by atoms with Gasteiger partial charge in [0.05, 0.1) is 0 Å². The monoisotopic (exact) mass is 145 g/mol. The summed E-state index contributed by atoms with van der Waals surface area (Å²) in [6, 6.07) is 0. The van der Waals surface area contributed by atoms with Crippen molar-refractivity contribution >= 4 is 0 Å². The molecular formula is C6H15N3O. The highest BCUT2D eigenvalue weighted by atomic mass is 16.3. The third-order valence-electron chi connectivity index (χ3n) is 1.15. The number of hydrogen-bond donors (Lipinski definition) is 2. The average Bonchev–Trinajstić information content (AvgIpc) is 1.98. The standard InChI is InChI=1S/C6H15N3O/c1-3-7-5-6(9-10)8-4-2/h6-8H,3-5H2,1-2H3. The van der Waals surface area contributed by atoms with Gasteiger partial charge in [-0.3, -0.25) is 5.32 Å². The molecule has 60 valence electrons. The molecule has 0 aliphatic rings. The Labute approximate surface area is 61.4 Å². The summed E-state index contributed by atoms with van der Waals surface area (Å²) < 4.78 is 0. The van der Waals surface area contributed by atoms with Gasteiger partial charge in [0.25, 0.3) is 0 Å². The zero-order chi connectivity index (χ0) is 7.82. The molecule has 1 unspecified atom stereocenters. The molecule has 0 amide bonds. The Hall–Kier alpha value is -0.480. The van der Waals surface area contributed by atoms with E-state index in [0.717, 1.165) is 13.1 Å². The lowest BCUT2D eigenvalue weighted by molar-refractivity contribution is 0.504. The van der Waals surface area contributed by atoms with Gasteiger partial charge in [-0.15, -0.1) is 4.91 Å². The Bertz CT molecular complexity index is 87.1. The smallest absolute Gasteiger partial charge is 0.154 e. The normalized spacial score (nSPS) is 13.0. The molecule has 0 aliphatic heterocycles. The second kappa shape index (κ2) is 6.64. The van der Waals surface area contributed by atoms with Crippen LogP contribution in [-0.4, -0.2) is 25.8 Å². The fourth-order valence-corrected chi connectivity index (χ4v) is 0.663. The van der Waals surface area contributed by atoms with Crippen molar-refractivity contribution in [2.24, 2.45) is 5.18 Å². The molecule has 0 saturated carbocycles. The topological polar surface area (TPSA) is 53.5 Å². The van der Waals surface area contributed by atoms with Crippen molar-refractivity contribution in [1.29, 1.82) is 0 Å². The molecule has 0 bridgehead atoms. The van der Waals surface area contributed by atoms with Gasteiger partial charge < -0.3 is 5.32 Å². The fourth-order valence-electron chi connectivity index (χ4n) is 0.663. The van der Waals surface area contributed by atoms with Crippen LogP contribution in [0.3, 0.4) is 0 Å². The SMILES string of the molecule is CCNCC(N=O)NCC. The van der Waals surface area contributed by atoms with Crippen molar-refractivity contribution in [1.82, 2.24) is 10.6 Å². The van der Waals surface area contributed by atoms with Gasteiger partial charge in [0.1, 0.15) is 0 Å². The van der Waals surface area contributed by atoms with Crippen molar-refractivity contribution in [3.63, 3.8) is 0 Å². The van der Waals surface area contributed by atoms with Gasteiger partial charge in [0.2, 0.25) is 0 Å². The lowest BCUT2D eigenvalue weighted by atomic mass is 10.5. The highest BCUT2D eigenvalue weighted by molar-refractivity contribution is 4.63. The van der Waals surface area contributed by atoms with Crippen LogP contribution in [-0.2, 0) is 0 Å². The van der Waals surface area contributed by atoms with Crippen molar-refractivity contribution in [2.45, 2.75) is 20.0 Å². The van der Waals surface area contributed by atoms with Gasteiger partial charge in [-0.2, -0.15) is 0 Å². The largest absolute Gasteiger partial charge is 0.313 e. The number of nitroso groups, excluding NO2 is 1. The first-order valence-electron chi connectivity index (χ1n) is 3.61. The summed E-state index contributed by atoms with van der Waals surface area (Å²) in [5.74, 6) is 0. The Morgan fingerprint density at radius 1 is 1.40 bits per heavy atom. The van der Waals surface area contributed by atoms with Gasteiger partial charge >= 0.3 is 0 Å². The molecule has 0 radical (unpaired) electrons. The number of nitrogens with one attached hydrogen (secondary N) is 2. The van der Waals surface area contributed by atoms with Crippen LogP contribution >= 0.6 is 0 Å². The molecule has 0 saturated heterocycles. The number of hydrogen-bond acceptors (Lipinski definition) is 4. The van der Waals surface area contributed by atoms with Crippen molar-refractivity contribution in [3.05, 3.63) is 4.91 Å². The minimum atomic E-state index is -0.273. The van der Waals surface area contributed by atoms with Crippen LogP contribution in [0, 0.1) is 4.91 Å². The molecule has 1 atom stereocenters. The van der Waals surface area contributed by atoms with Gasteiger partial charge in [-0.25, -0.2) is 0 Å². The predicted molar refractivity (Wildman–Crippen MR) is 41.8 cm³/mol. The number of nitrogens with zero attached hydrogens (tertiary/aromatic N) is 1. The summed E-state index contributed by atoms with van der Waals surface area (Å²) >= 11 is 0. The maximum Gasteiger partial charge on any atom is 0.154 e. The van der Waals surface area contributed by atoms with Crippen LogP contribution in [0.5, 0.6) is 0 Å². The summed E-state index contributed by atoms with van der Waals surface area (Å²) in [4.78, 5) is 10.0. The maximum absolute atomic E-state index is 10.0. The van der Waals surface area contributed by atoms with E-state index in [1.54, 1.807) is 0 Å². The molecule has 2 N–H and O–H groups in total. The second-order valence-corrected chi connectivity index (χ2v) is 1.99. The van der Waals surface area contributed by atoms with Gasteiger partial charge in [-0.05, 0) is 18.3 Å². The lowest BCUT2D eigenvalue weighted by Crippen LogP contribution is -2.36. The van der Waals surface area contributed by atoms with Crippen LogP contribution in [0.2, 0.25) is 0 Å². The van der Waals surface area contributed by atoms with E-state index < -0.39 is 0 Å². The molecule has 0 fully saturated rings. The predicted octanol–water partition coefficient (Wildman–Crippen LogP) is 0.298. The summed E-state index contributed by atoms with van der Waals surface area (Å²) in [6.07, 6.45) is -0.273. The van der Waals surface area contributed by atoms with E-state index in [-0.39, 0.29) is 6.17 Å². The van der Waals surface area contributed by atoms with Gasteiger partial charge in [0.15, 0.2) is 6.17 Å². The van der Waals surface area contributed by atoms with Gasteiger partial charge in [-0.1, -0.05) is 13.8 Å². The quantitative estimate of drug-likeness (QED) is 0.528. The Balaban J connectivity index is 3.29. The molecule has 0 spiro atoms. The Kier molecular flexibility index (Phi) is 6.32. The van der Waals surface area contributed by atoms with E-state index in [2.05, 4.69) is 15.8 Å². The average molecular weight is 145 g/mol. The molecule has 0 aromatic rings. The summed E-state index contributed by atoms with van der Waals surface area (Å²) in [5, 5.41) is 8.84. The van der Waals surface area contributed by atoms with E-state index in [1.807, 2.05) is 13.8 Å². The van der Waals surface area contributed by atoms with E-state index >= 15 is 0 Å². The van der Waals surface area contributed by atoms with Crippen LogP contribution in [0.15, 0.2) is 5.18 Å². The molecule has 4 heteroatoms. The van der Waals surface area contributed by atoms with E-state index in [1.165, 1.54) is 0 Å². The summed E-state index contributed by atoms with van der Waals surface area (Å²) in [5.41, 5.74) is 0. The third kappa shape index (κ3) is 4.40. The van der Waals surface area contributed by atoms with Crippen molar-refractivity contribution < 1.29 is 0 Å². The first kappa shape index (κ1) is 9.52. The maximum atomic E-state index is 10.0. The van der Waals surface area contributed by atoms with Crippen molar-refractivity contribution in [2.75, 3.05) is 19.6 Å². The van der Waals surface area contributed by atoms with E-state index in [4.69, 9.17) is 0 Å². The first-order valence-corrected chi connectivity index (χ1v) is 3.61. The van der Waals surface area contributed by atoms with Crippen LogP contribution in [0.25, 0.3) is 0 Å². The Morgan fingerprint density at radius 2 is 2.10 bits per heavy atom. The number of rotatable bonds is 6. The Morgan fingerprint density at radius 3 is 2.50 bits per heavy atom. The third-order valence-corrected chi connectivity index (χ3v) is 1.15. The lowest BCUT2D eigenvalue weighted by Gasteiger charge is -2.08. The van der Waals surface area contributed by atoms with Crippen LogP contribution < -0.4 is 10.6 Å². The first-order chi connectivity index (χ1) is 4.85. The molecule has 0 aromatic heterocycles. The molecule has 0 heterocycles. The molecule has 4 nitrogen and oxygen atoms in total. The van der Waals surface area contributed by atoms with Gasteiger partial charge in [0, 0.05) is 6.54 Å². The minimum absolute atomic E-state index is 0.273. The van der Waals surface area contributed by atoms with Crippen molar-refractivity contribution in [3.8, 4) is 0 Å². The zero-order valence-electron chi connectivity index (χ0n) is 6.55. The van der Waals surface area contributed by atoms with Crippen LogP contribution in [0.4, 0.5) is 0 Å². The highest BCUT2D eigenvalue weighted by Crippen LogP contribution is 1.80. The molecule has 0 aromatic carbocycles. The fraction of sp³-hybridized carbons (Fsp3) is 1.00. The summed E-state index contributed by atoms with van der Waals surface area (Å²) in [6.45, 7) is 6.21. The minimum Gasteiger partial charge on any atom is -0.313 e. The zero-order valence-corrected chi connectivity index (χ0v) is 6.55. The number of likely N-dealkylation sites (N-methyl/N-ethyl adjacent to an activating group) is 2. The molecule has 0 aliphatic carbocycles. The highest BCUT2D eigenvalue weighted by Gasteiger charge is 2.02. The molecule has 0 rings (SSSR count).